The van der Waals surface area contributed by atoms with Gasteiger partial charge in [-0.3, -0.25) is 19.8 Å². The van der Waals surface area contributed by atoms with Crippen LogP contribution in [0.2, 0.25) is 0 Å². The molecule has 2 aromatic heterocycles. The standard InChI is InChI=1S/C32H38N6O6/c39-27-9-7-23(25-5-1-11-33-29(25)27)21-35-13-3-14-36(22-24-8-10-28(40)30-26(24)6-2-12-34-30)18-20-38(32(43)44)16-4-15-37(19-17-35)31(41)42/h1-2,5-12,39-40H,3-4,13-22H2,(H,41,42)(H,43,44). The van der Waals surface area contributed by atoms with Crippen molar-refractivity contribution in [2.75, 3.05) is 52.4 Å². The van der Waals surface area contributed by atoms with Gasteiger partial charge in [0.05, 0.1) is 0 Å². The van der Waals surface area contributed by atoms with Crippen molar-refractivity contribution < 1.29 is 30.0 Å². The first-order valence-corrected chi connectivity index (χ1v) is 14.8. The largest absolute Gasteiger partial charge is 0.506 e. The first-order chi connectivity index (χ1) is 21.3. The normalized spacial score (nSPS) is 16.6. The molecular formula is C32H38N6O6. The maximum Gasteiger partial charge on any atom is 0.407 e. The van der Waals surface area contributed by atoms with Gasteiger partial charge in [0.15, 0.2) is 0 Å². The van der Waals surface area contributed by atoms with E-state index in [-0.39, 0.29) is 37.7 Å². The number of pyridine rings is 2. The van der Waals surface area contributed by atoms with Crippen LogP contribution in [0, 0.1) is 0 Å². The molecule has 232 valence electrons. The van der Waals surface area contributed by atoms with E-state index in [9.17, 15) is 30.0 Å². The lowest BCUT2D eigenvalue weighted by molar-refractivity contribution is 0.117. The molecule has 0 spiro atoms. The highest BCUT2D eigenvalue weighted by atomic mass is 16.4. The number of aromatic nitrogens is 2. The number of hydrogen-bond acceptors (Lipinski definition) is 8. The SMILES string of the molecule is O=C(O)N1CCCN(C(=O)O)CCN(Cc2ccc(O)c3ncccc23)CCCN(Cc2ccc(O)c3ncccc23)CC1. The number of aromatic hydroxyl groups is 2. The highest BCUT2D eigenvalue weighted by Crippen LogP contribution is 2.28. The predicted octanol–water partition coefficient (Wildman–Crippen LogP) is 4.25. The molecule has 0 radical (unpaired) electrons. The molecule has 1 saturated heterocycles. The van der Waals surface area contributed by atoms with E-state index in [4.69, 9.17) is 0 Å². The molecule has 0 saturated carbocycles. The molecule has 0 unspecified atom stereocenters. The van der Waals surface area contributed by atoms with Gasteiger partial charge in [-0.2, -0.15) is 0 Å². The maximum absolute atomic E-state index is 12.0. The van der Waals surface area contributed by atoms with Crippen LogP contribution in [0.15, 0.2) is 60.9 Å². The van der Waals surface area contributed by atoms with Crippen LogP contribution < -0.4 is 0 Å². The molecular weight excluding hydrogens is 564 g/mol. The summed E-state index contributed by atoms with van der Waals surface area (Å²) in [5, 5.41) is 42.1. The van der Waals surface area contributed by atoms with Gasteiger partial charge in [0.25, 0.3) is 0 Å². The third-order valence-corrected chi connectivity index (χ3v) is 8.18. The Morgan fingerprint density at radius 1 is 0.591 bits per heavy atom. The van der Waals surface area contributed by atoms with Gasteiger partial charge in [0, 0.05) is 75.5 Å². The smallest absolute Gasteiger partial charge is 0.407 e. The second-order valence-electron chi connectivity index (χ2n) is 11.1. The molecule has 0 aliphatic carbocycles. The first kappa shape index (κ1) is 30.8. The summed E-state index contributed by atoms with van der Waals surface area (Å²) in [5.74, 6) is 0.232. The third-order valence-electron chi connectivity index (χ3n) is 8.18. The third kappa shape index (κ3) is 7.44. The Morgan fingerprint density at radius 2 is 1.02 bits per heavy atom. The molecule has 4 N–H and O–H groups in total. The summed E-state index contributed by atoms with van der Waals surface area (Å²) in [4.78, 5) is 39.9. The van der Waals surface area contributed by atoms with Crippen molar-refractivity contribution in [3.63, 3.8) is 0 Å². The number of nitrogens with zero attached hydrogens (tertiary/aromatic N) is 6. The minimum atomic E-state index is -1.03. The number of rotatable bonds is 4. The molecule has 3 heterocycles. The van der Waals surface area contributed by atoms with Gasteiger partial charge < -0.3 is 30.2 Å². The van der Waals surface area contributed by atoms with Crippen molar-refractivity contribution in [3.05, 3.63) is 72.1 Å². The number of carbonyl (C=O) groups is 2. The van der Waals surface area contributed by atoms with Crippen LogP contribution in [-0.2, 0) is 13.1 Å². The van der Waals surface area contributed by atoms with E-state index in [2.05, 4.69) is 19.8 Å². The van der Waals surface area contributed by atoms with Crippen LogP contribution in [0.4, 0.5) is 9.59 Å². The molecule has 1 fully saturated rings. The second kappa shape index (κ2) is 14.2. The van der Waals surface area contributed by atoms with Gasteiger partial charge in [-0.25, -0.2) is 9.59 Å². The lowest BCUT2D eigenvalue weighted by Crippen LogP contribution is -2.43. The first-order valence-electron chi connectivity index (χ1n) is 14.8. The molecule has 2 amide bonds. The van der Waals surface area contributed by atoms with Crippen molar-refractivity contribution in [1.29, 1.82) is 0 Å². The van der Waals surface area contributed by atoms with Crippen molar-refractivity contribution in [2.24, 2.45) is 0 Å². The molecule has 5 rings (SSSR count). The number of carboxylic acid groups (broad SMARTS) is 2. The molecule has 2 aromatic carbocycles. The van der Waals surface area contributed by atoms with E-state index in [0.717, 1.165) is 28.3 Å². The van der Waals surface area contributed by atoms with Crippen molar-refractivity contribution in [3.8, 4) is 11.5 Å². The Balaban J connectivity index is 1.39. The van der Waals surface area contributed by atoms with Crippen LogP contribution in [0.1, 0.15) is 24.0 Å². The number of amides is 2. The zero-order valence-corrected chi connectivity index (χ0v) is 24.5. The highest BCUT2D eigenvalue weighted by molar-refractivity contribution is 5.87. The number of phenols is 2. The monoisotopic (exact) mass is 602 g/mol. The van der Waals surface area contributed by atoms with Crippen LogP contribution in [0.25, 0.3) is 21.8 Å². The van der Waals surface area contributed by atoms with Crippen molar-refractivity contribution in [2.45, 2.75) is 25.9 Å². The van der Waals surface area contributed by atoms with E-state index in [1.807, 2.05) is 36.4 Å². The second-order valence-corrected chi connectivity index (χ2v) is 11.1. The van der Waals surface area contributed by atoms with E-state index in [1.54, 1.807) is 24.5 Å². The summed E-state index contributed by atoms with van der Waals surface area (Å²) in [5.41, 5.74) is 3.05. The van der Waals surface area contributed by atoms with E-state index in [0.29, 0.717) is 56.7 Å². The molecule has 0 atom stereocenters. The fourth-order valence-electron chi connectivity index (χ4n) is 5.83. The molecule has 1 aliphatic heterocycles. The Morgan fingerprint density at radius 3 is 1.45 bits per heavy atom. The van der Waals surface area contributed by atoms with Gasteiger partial charge in [0.1, 0.15) is 22.5 Å². The van der Waals surface area contributed by atoms with E-state index < -0.39 is 12.2 Å². The predicted molar refractivity (Wildman–Crippen MR) is 166 cm³/mol. The van der Waals surface area contributed by atoms with Crippen LogP contribution in [-0.4, -0.2) is 115 Å². The summed E-state index contributed by atoms with van der Waals surface area (Å²) in [7, 11) is 0. The summed E-state index contributed by atoms with van der Waals surface area (Å²) in [6, 6.07) is 14.6. The van der Waals surface area contributed by atoms with Gasteiger partial charge in [-0.05, 0) is 61.3 Å². The Labute approximate surface area is 255 Å². The molecule has 44 heavy (non-hydrogen) atoms. The van der Waals surface area contributed by atoms with Gasteiger partial charge in [-0.1, -0.05) is 24.3 Å². The maximum atomic E-state index is 12.0. The van der Waals surface area contributed by atoms with Crippen LogP contribution in [0.5, 0.6) is 11.5 Å². The van der Waals surface area contributed by atoms with Crippen molar-refractivity contribution in [1.82, 2.24) is 29.6 Å². The zero-order chi connectivity index (χ0) is 31.1. The van der Waals surface area contributed by atoms with Gasteiger partial charge in [0.2, 0.25) is 0 Å². The Bertz CT molecular complexity index is 1500. The van der Waals surface area contributed by atoms with Crippen LogP contribution in [0.3, 0.4) is 0 Å². The minimum absolute atomic E-state index is 0.116. The lowest BCUT2D eigenvalue weighted by atomic mass is 10.1. The summed E-state index contributed by atoms with van der Waals surface area (Å²) < 4.78 is 0. The quantitative estimate of drug-likeness (QED) is 0.267. The number of hydrogen-bond donors (Lipinski definition) is 4. The lowest BCUT2D eigenvalue weighted by Gasteiger charge is -2.31. The summed E-state index contributed by atoms with van der Waals surface area (Å²) >= 11 is 0. The molecule has 12 heteroatoms. The average Bonchev–Trinajstić information content (AvgIpc) is 3.02. The van der Waals surface area contributed by atoms with Crippen LogP contribution >= 0.6 is 0 Å². The number of phenolic OH excluding ortho intramolecular Hbond substituents is 2. The van der Waals surface area contributed by atoms with Gasteiger partial charge >= 0.3 is 12.2 Å². The fraction of sp³-hybridized carbons (Fsp3) is 0.375. The number of fused-ring (bicyclic) bond motifs is 2. The topological polar surface area (TPSA) is 154 Å². The van der Waals surface area contributed by atoms with E-state index >= 15 is 0 Å². The van der Waals surface area contributed by atoms with Gasteiger partial charge in [-0.15, -0.1) is 0 Å². The summed E-state index contributed by atoms with van der Waals surface area (Å²) in [6.07, 6.45) is 2.38. The average molecular weight is 603 g/mol. The Hall–Kier alpha value is -4.68. The molecule has 4 aromatic rings. The summed E-state index contributed by atoms with van der Waals surface area (Å²) in [6.45, 7) is 4.47. The molecule has 12 nitrogen and oxygen atoms in total. The highest BCUT2D eigenvalue weighted by Gasteiger charge is 2.20. The zero-order valence-electron chi connectivity index (χ0n) is 24.5. The molecule has 0 bridgehead atoms. The van der Waals surface area contributed by atoms with Crippen molar-refractivity contribution >= 4 is 34.0 Å². The van der Waals surface area contributed by atoms with E-state index in [1.165, 1.54) is 9.80 Å². The fourth-order valence-corrected chi connectivity index (χ4v) is 5.83. The Kier molecular flexibility index (Phi) is 9.93. The minimum Gasteiger partial charge on any atom is -0.506 e. The molecule has 1 aliphatic rings. The number of benzene rings is 2.